The number of aryl methyl sites for hydroxylation is 1. The van der Waals surface area contributed by atoms with E-state index in [1.54, 1.807) is 0 Å². The maximum atomic E-state index is 12.3. The molecule has 1 aromatic rings. The van der Waals surface area contributed by atoms with Crippen LogP contribution in [0.5, 0.6) is 0 Å². The number of carbonyl (C=O) groups is 3. The van der Waals surface area contributed by atoms with Crippen molar-refractivity contribution >= 4 is 17.7 Å². The van der Waals surface area contributed by atoms with Crippen molar-refractivity contribution in [2.24, 2.45) is 0 Å². The predicted molar refractivity (Wildman–Crippen MR) is 71.8 cm³/mol. The van der Waals surface area contributed by atoms with Crippen LogP contribution in [-0.4, -0.2) is 23.8 Å². The standard InChI is InChI=1S/C15H16N2O3/c18-13-8-7-12(15(20)17-13)16-14(19)11-6-5-9-3-1-2-4-10(9)11/h1-4,11-12H,5-8H2,(H,16,19)(H,17,18,20). The lowest BCUT2D eigenvalue weighted by Gasteiger charge is -2.23. The van der Waals surface area contributed by atoms with Gasteiger partial charge in [-0.2, -0.15) is 0 Å². The zero-order valence-electron chi connectivity index (χ0n) is 11.0. The summed E-state index contributed by atoms with van der Waals surface area (Å²) in [5.74, 6) is -0.978. The van der Waals surface area contributed by atoms with Crippen LogP contribution in [0.4, 0.5) is 0 Å². The summed E-state index contributed by atoms with van der Waals surface area (Å²) in [4.78, 5) is 35.1. The Balaban J connectivity index is 1.69. The van der Waals surface area contributed by atoms with E-state index in [0.29, 0.717) is 6.42 Å². The highest BCUT2D eigenvalue weighted by atomic mass is 16.2. The smallest absolute Gasteiger partial charge is 0.249 e. The monoisotopic (exact) mass is 272 g/mol. The van der Waals surface area contributed by atoms with Gasteiger partial charge in [-0.1, -0.05) is 24.3 Å². The van der Waals surface area contributed by atoms with Crippen LogP contribution in [-0.2, 0) is 20.8 Å². The van der Waals surface area contributed by atoms with Crippen LogP contribution in [0.1, 0.15) is 36.3 Å². The number of piperidine rings is 1. The number of benzene rings is 1. The van der Waals surface area contributed by atoms with Crippen molar-refractivity contribution in [1.29, 1.82) is 0 Å². The molecule has 0 bridgehead atoms. The molecule has 104 valence electrons. The number of rotatable bonds is 2. The summed E-state index contributed by atoms with van der Waals surface area (Å²) in [5, 5.41) is 5.02. The highest BCUT2D eigenvalue weighted by Crippen LogP contribution is 2.33. The zero-order chi connectivity index (χ0) is 14.1. The molecular formula is C15H16N2O3. The van der Waals surface area contributed by atoms with Crippen LogP contribution in [0.15, 0.2) is 24.3 Å². The van der Waals surface area contributed by atoms with E-state index >= 15 is 0 Å². The number of carbonyl (C=O) groups excluding carboxylic acids is 3. The van der Waals surface area contributed by atoms with E-state index in [9.17, 15) is 14.4 Å². The van der Waals surface area contributed by atoms with Gasteiger partial charge in [0.25, 0.3) is 0 Å². The maximum Gasteiger partial charge on any atom is 0.249 e. The average molecular weight is 272 g/mol. The Morgan fingerprint density at radius 1 is 1.15 bits per heavy atom. The van der Waals surface area contributed by atoms with E-state index in [1.165, 1.54) is 5.56 Å². The molecule has 20 heavy (non-hydrogen) atoms. The Labute approximate surface area is 116 Å². The summed E-state index contributed by atoms with van der Waals surface area (Å²) < 4.78 is 0. The maximum absolute atomic E-state index is 12.3. The molecule has 0 radical (unpaired) electrons. The third-order valence-corrected chi connectivity index (χ3v) is 4.01. The molecule has 3 rings (SSSR count). The fraction of sp³-hybridized carbons (Fsp3) is 0.400. The molecule has 5 nitrogen and oxygen atoms in total. The fourth-order valence-corrected chi connectivity index (χ4v) is 2.93. The molecule has 2 atom stereocenters. The first kappa shape index (κ1) is 12.8. The zero-order valence-corrected chi connectivity index (χ0v) is 11.0. The van der Waals surface area contributed by atoms with Crippen molar-refractivity contribution in [2.45, 2.75) is 37.6 Å². The van der Waals surface area contributed by atoms with Crippen molar-refractivity contribution in [2.75, 3.05) is 0 Å². The summed E-state index contributed by atoms with van der Waals surface area (Å²) in [6.45, 7) is 0. The third-order valence-electron chi connectivity index (χ3n) is 4.01. The van der Waals surface area contributed by atoms with Crippen molar-refractivity contribution in [3.8, 4) is 0 Å². The molecule has 1 saturated heterocycles. The van der Waals surface area contributed by atoms with Crippen molar-refractivity contribution in [3.05, 3.63) is 35.4 Å². The molecular weight excluding hydrogens is 256 g/mol. The van der Waals surface area contributed by atoms with Gasteiger partial charge in [0.1, 0.15) is 6.04 Å². The Morgan fingerprint density at radius 2 is 1.95 bits per heavy atom. The van der Waals surface area contributed by atoms with Crippen molar-refractivity contribution in [3.63, 3.8) is 0 Å². The third kappa shape index (κ3) is 2.31. The van der Waals surface area contributed by atoms with E-state index in [1.807, 2.05) is 24.3 Å². The van der Waals surface area contributed by atoms with Crippen LogP contribution < -0.4 is 10.6 Å². The normalized spacial score (nSPS) is 25.0. The SMILES string of the molecule is O=C1CCC(NC(=O)C2CCc3ccccc32)C(=O)N1. The lowest BCUT2D eigenvalue weighted by Crippen LogP contribution is -2.53. The summed E-state index contributed by atoms with van der Waals surface area (Å²) >= 11 is 0. The van der Waals surface area contributed by atoms with Gasteiger partial charge in [0.15, 0.2) is 0 Å². The Bertz CT molecular complexity index is 582. The predicted octanol–water partition coefficient (Wildman–Crippen LogP) is 0.638. The van der Waals surface area contributed by atoms with Crippen molar-refractivity contribution in [1.82, 2.24) is 10.6 Å². The molecule has 1 aliphatic carbocycles. The molecule has 2 unspecified atom stereocenters. The highest BCUT2D eigenvalue weighted by Gasteiger charge is 2.33. The molecule has 3 amide bonds. The molecule has 2 aliphatic rings. The molecule has 1 fully saturated rings. The molecule has 2 N–H and O–H groups in total. The summed E-state index contributed by atoms with van der Waals surface area (Å²) in [6, 6.07) is 7.31. The second-order valence-electron chi connectivity index (χ2n) is 5.30. The lowest BCUT2D eigenvalue weighted by molar-refractivity contribution is -0.137. The van der Waals surface area contributed by atoms with Crippen LogP contribution in [0.25, 0.3) is 0 Å². The van der Waals surface area contributed by atoms with E-state index in [0.717, 1.165) is 18.4 Å². The first-order chi connectivity index (χ1) is 9.65. The minimum absolute atomic E-state index is 0.121. The first-order valence-electron chi connectivity index (χ1n) is 6.87. The van der Waals surface area contributed by atoms with Gasteiger partial charge in [0.05, 0.1) is 5.92 Å². The van der Waals surface area contributed by atoms with E-state index in [-0.39, 0.29) is 24.2 Å². The van der Waals surface area contributed by atoms with Gasteiger partial charge in [-0.15, -0.1) is 0 Å². The number of fused-ring (bicyclic) bond motifs is 1. The minimum Gasteiger partial charge on any atom is -0.344 e. The molecule has 1 aliphatic heterocycles. The molecule has 5 heteroatoms. The number of imide groups is 1. The van der Waals surface area contributed by atoms with E-state index < -0.39 is 11.9 Å². The quantitative estimate of drug-likeness (QED) is 0.776. The molecule has 0 aromatic heterocycles. The molecule has 1 aromatic carbocycles. The van der Waals surface area contributed by atoms with E-state index in [2.05, 4.69) is 10.6 Å². The van der Waals surface area contributed by atoms with Crippen LogP contribution in [0.3, 0.4) is 0 Å². The molecule has 0 spiro atoms. The average Bonchev–Trinajstić information content (AvgIpc) is 2.86. The number of amides is 3. The molecule has 1 heterocycles. The Kier molecular flexibility index (Phi) is 3.26. The van der Waals surface area contributed by atoms with Crippen LogP contribution >= 0.6 is 0 Å². The van der Waals surface area contributed by atoms with Gasteiger partial charge < -0.3 is 5.32 Å². The lowest BCUT2D eigenvalue weighted by atomic mass is 9.99. The Hall–Kier alpha value is -2.17. The van der Waals surface area contributed by atoms with Gasteiger partial charge >= 0.3 is 0 Å². The fourth-order valence-electron chi connectivity index (χ4n) is 2.93. The summed E-state index contributed by atoms with van der Waals surface area (Å²) in [7, 11) is 0. The van der Waals surface area contributed by atoms with Crippen LogP contribution in [0, 0.1) is 0 Å². The van der Waals surface area contributed by atoms with Crippen molar-refractivity contribution < 1.29 is 14.4 Å². The topological polar surface area (TPSA) is 75.3 Å². The second kappa shape index (κ2) is 5.07. The second-order valence-corrected chi connectivity index (χ2v) is 5.30. The summed E-state index contributed by atoms with van der Waals surface area (Å²) in [5.41, 5.74) is 2.26. The van der Waals surface area contributed by atoms with E-state index in [4.69, 9.17) is 0 Å². The highest BCUT2D eigenvalue weighted by molar-refractivity contribution is 6.02. The largest absolute Gasteiger partial charge is 0.344 e. The van der Waals surface area contributed by atoms with Gasteiger partial charge in [-0.05, 0) is 30.4 Å². The molecule has 0 saturated carbocycles. The van der Waals surface area contributed by atoms with Gasteiger partial charge in [0.2, 0.25) is 17.7 Å². The van der Waals surface area contributed by atoms with Gasteiger partial charge in [-0.3, -0.25) is 19.7 Å². The number of hydrogen-bond acceptors (Lipinski definition) is 3. The first-order valence-corrected chi connectivity index (χ1v) is 6.87. The van der Waals surface area contributed by atoms with Gasteiger partial charge in [-0.25, -0.2) is 0 Å². The van der Waals surface area contributed by atoms with Crippen LogP contribution in [0.2, 0.25) is 0 Å². The number of hydrogen-bond donors (Lipinski definition) is 2. The number of nitrogens with one attached hydrogen (secondary N) is 2. The van der Waals surface area contributed by atoms with Gasteiger partial charge in [0, 0.05) is 6.42 Å². The minimum atomic E-state index is -0.590. The summed E-state index contributed by atoms with van der Waals surface area (Å²) in [6.07, 6.45) is 2.32. The Morgan fingerprint density at radius 3 is 2.75 bits per heavy atom.